The molecule has 5 heterocycles. The van der Waals surface area contributed by atoms with Gasteiger partial charge in [-0.2, -0.15) is 0 Å². The molecule has 0 aliphatic carbocycles. The first-order valence-corrected chi connectivity index (χ1v) is 10.1. The summed E-state index contributed by atoms with van der Waals surface area (Å²) in [5, 5.41) is 5.24. The molecule has 0 spiro atoms. The van der Waals surface area contributed by atoms with E-state index in [1.165, 1.54) is 0 Å². The normalized spacial score (nSPS) is 23.0. The number of aromatic nitrogens is 2. The number of hydrogen-bond donors (Lipinski definition) is 2. The summed E-state index contributed by atoms with van der Waals surface area (Å²) < 4.78 is 1.97. The van der Waals surface area contributed by atoms with Crippen molar-refractivity contribution in [3.05, 3.63) is 63.2 Å². The molecule has 1 fully saturated rings. The highest BCUT2D eigenvalue weighted by molar-refractivity contribution is 6.31. The van der Waals surface area contributed by atoms with Crippen LogP contribution in [0.1, 0.15) is 23.7 Å². The number of H-pyrrole nitrogens is 1. The van der Waals surface area contributed by atoms with Crippen molar-refractivity contribution in [3.63, 3.8) is 0 Å². The van der Waals surface area contributed by atoms with Gasteiger partial charge in [-0.15, -0.1) is 0 Å². The third-order valence-corrected chi connectivity index (χ3v) is 6.48. The number of fused-ring (bicyclic) bond motifs is 7. The average molecular weight is 394 g/mol. The number of piperidine rings is 1. The van der Waals surface area contributed by atoms with Gasteiger partial charge < -0.3 is 19.8 Å². The zero-order valence-electron chi connectivity index (χ0n) is 15.3. The molecule has 142 valence electrons. The Morgan fingerprint density at radius 1 is 1.14 bits per heavy atom. The van der Waals surface area contributed by atoms with Crippen molar-refractivity contribution in [2.75, 3.05) is 25.1 Å². The van der Waals surface area contributed by atoms with E-state index in [1.54, 1.807) is 6.07 Å². The molecule has 2 atom stereocenters. The second kappa shape index (κ2) is 5.88. The topological polar surface area (TPSA) is 65.4 Å². The molecule has 3 aliphatic rings. The van der Waals surface area contributed by atoms with Gasteiger partial charge in [-0.25, -0.2) is 4.99 Å². The summed E-state index contributed by atoms with van der Waals surface area (Å²) in [5.41, 5.74) is 4.45. The van der Waals surface area contributed by atoms with Crippen molar-refractivity contribution in [2.45, 2.75) is 18.9 Å². The number of likely N-dealkylation sites (tertiary alicyclic amines) is 1. The number of aromatic amines is 1. The summed E-state index contributed by atoms with van der Waals surface area (Å²) in [6.07, 6.45) is 1.14. The van der Waals surface area contributed by atoms with Crippen LogP contribution in [0.25, 0.3) is 10.9 Å². The maximum atomic E-state index is 12.3. The first kappa shape index (κ1) is 16.2. The van der Waals surface area contributed by atoms with E-state index in [0.717, 1.165) is 64.9 Å². The number of benzene rings is 1. The Labute approximate surface area is 166 Å². The number of halogens is 1. The number of aliphatic imine (C=N–C) groups is 1. The minimum atomic E-state index is 0.120. The summed E-state index contributed by atoms with van der Waals surface area (Å²) in [7, 11) is 0. The Hall–Kier alpha value is -2.73. The van der Waals surface area contributed by atoms with Crippen LogP contribution in [-0.4, -0.2) is 40.0 Å². The molecule has 2 aromatic heterocycles. The molecule has 2 bridgehead atoms. The Balaban J connectivity index is 1.40. The number of amidine groups is 1. The van der Waals surface area contributed by atoms with E-state index >= 15 is 0 Å². The minimum absolute atomic E-state index is 0.120. The zero-order valence-corrected chi connectivity index (χ0v) is 16.0. The number of nitrogens with one attached hydrogen (secondary N) is 2. The number of pyridine rings is 1. The Morgan fingerprint density at radius 3 is 3.00 bits per heavy atom. The molecular weight excluding hydrogens is 374 g/mol. The predicted molar refractivity (Wildman–Crippen MR) is 111 cm³/mol. The van der Waals surface area contributed by atoms with Crippen LogP contribution in [-0.2, 0) is 6.54 Å². The van der Waals surface area contributed by atoms with E-state index in [0.29, 0.717) is 18.5 Å². The van der Waals surface area contributed by atoms with Crippen LogP contribution in [0.5, 0.6) is 0 Å². The third kappa shape index (κ3) is 2.34. The predicted octanol–water partition coefficient (Wildman–Crippen LogP) is 3.23. The molecule has 28 heavy (non-hydrogen) atoms. The summed E-state index contributed by atoms with van der Waals surface area (Å²) in [6, 6.07) is 11.6. The quantitative estimate of drug-likeness (QED) is 0.616. The maximum absolute atomic E-state index is 12.3. The zero-order chi connectivity index (χ0) is 18.8. The first-order chi connectivity index (χ1) is 13.7. The van der Waals surface area contributed by atoms with E-state index in [1.807, 2.05) is 28.8 Å². The number of nitrogens with zero attached hydrogens (tertiary/aromatic N) is 3. The van der Waals surface area contributed by atoms with Gasteiger partial charge in [-0.3, -0.25) is 4.79 Å². The van der Waals surface area contributed by atoms with Gasteiger partial charge in [0, 0.05) is 53.2 Å². The van der Waals surface area contributed by atoms with Crippen LogP contribution in [0, 0.1) is 5.92 Å². The van der Waals surface area contributed by atoms with Gasteiger partial charge in [0.2, 0.25) is 0 Å². The van der Waals surface area contributed by atoms with E-state index in [-0.39, 0.29) is 5.56 Å². The Morgan fingerprint density at radius 2 is 2.07 bits per heavy atom. The fraction of sp³-hybridized carbons (Fsp3) is 0.333. The fourth-order valence-corrected chi connectivity index (χ4v) is 5.29. The van der Waals surface area contributed by atoms with Gasteiger partial charge >= 0.3 is 0 Å². The first-order valence-electron chi connectivity index (χ1n) is 9.72. The minimum Gasteiger partial charge on any atom is -0.364 e. The molecule has 1 aromatic carbocycles. The Bertz CT molecular complexity index is 1190. The van der Waals surface area contributed by atoms with Gasteiger partial charge in [0.05, 0.1) is 5.69 Å². The van der Waals surface area contributed by atoms with Gasteiger partial charge in [0.15, 0.2) is 5.84 Å². The van der Waals surface area contributed by atoms with E-state index in [2.05, 4.69) is 21.3 Å². The van der Waals surface area contributed by atoms with E-state index < -0.39 is 0 Å². The van der Waals surface area contributed by atoms with Crippen molar-refractivity contribution in [3.8, 4) is 0 Å². The lowest BCUT2D eigenvalue weighted by Crippen LogP contribution is -2.50. The SMILES string of the molecule is O=c1cccc2n1CC1CC2CN(C2=NCNc3c2[nH]c2ccc(Cl)cc32)C1. The van der Waals surface area contributed by atoms with Crippen molar-refractivity contribution in [1.82, 2.24) is 14.5 Å². The van der Waals surface area contributed by atoms with Gasteiger partial charge in [-0.1, -0.05) is 17.7 Å². The lowest BCUT2D eigenvalue weighted by atomic mass is 9.83. The molecule has 1 saturated heterocycles. The van der Waals surface area contributed by atoms with Crippen LogP contribution in [0.4, 0.5) is 5.69 Å². The van der Waals surface area contributed by atoms with Crippen LogP contribution < -0.4 is 10.9 Å². The van der Waals surface area contributed by atoms with Crippen LogP contribution >= 0.6 is 11.6 Å². The second-order valence-electron chi connectivity index (χ2n) is 7.98. The molecule has 2 unspecified atom stereocenters. The monoisotopic (exact) mass is 393 g/mol. The maximum Gasteiger partial charge on any atom is 0.250 e. The molecule has 6 rings (SSSR count). The molecule has 0 amide bonds. The molecule has 3 aromatic rings. The fourth-order valence-electron chi connectivity index (χ4n) is 5.12. The lowest BCUT2D eigenvalue weighted by molar-refractivity contribution is 0.178. The molecular formula is C21H20ClN5O. The van der Waals surface area contributed by atoms with Crippen LogP contribution in [0.15, 0.2) is 46.2 Å². The van der Waals surface area contributed by atoms with Crippen molar-refractivity contribution >= 4 is 34.0 Å². The average Bonchev–Trinajstić information content (AvgIpc) is 3.07. The van der Waals surface area contributed by atoms with E-state index in [4.69, 9.17) is 16.6 Å². The second-order valence-corrected chi connectivity index (χ2v) is 8.42. The molecule has 6 nitrogen and oxygen atoms in total. The van der Waals surface area contributed by atoms with Crippen LogP contribution in [0.3, 0.4) is 0 Å². The molecule has 7 heteroatoms. The third-order valence-electron chi connectivity index (χ3n) is 6.25. The molecule has 2 N–H and O–H groups in total. The van der Waals surface area contributed by atoms with Gasteiger partial charge in [-0.05, 0) is 36.6 Å². The summed E-state index contributed by atoms with van der Waals surface area (Å²) >= 11 is 6.22. The van der Waals surface area contributed by atoms with Crippen molar-refractivity contribution in [2.24, 2.45) is 10.9 Å². The van der Waals surface area contributed by atoms with Gasteiger partial charge in [0.25, 0.3) is 5.56 Å². The number of hydrogen-bond acceptors (Lipinski definition) is 4. The van der Waals surface area contributed by atoms with Crippen molar-refractivity contribution < 1.29 is 0 Å². The van der Waals surface area contributed by atoms with E-state index in [9.17, 15) is 4.79 Å². The van der Waals surface area contributed by atoms with Crippen LogP contribution in [0.2, 0.25) is 5.02 Å². The standard InChI is InChI=1S/C21H20ClN5O/c22-14-4-5-16-15(7-14)19-20(25-16)21(24-11-23-19)26-8-12-6-13(10-26)17-2-1-3-18(28)27(17)9-12/h1-5,7,12-13,23,25H,6,8-11H2. The van der Waals surface area contributed by atoms with Crippen molar-refractivity contribution in [1.29, 1.82) is 0 Å². The highest BCUT2D eigenvalue weighted by atomic mass is 35.5. The number of rotatable bonds is 0. The highest BCUT2D eigenvalue weighted by Crippen LogP contribution is 2.38. The summed E-state index contributed by atoms with van der Waals surface area (Å²) in [4.78, 5) is 23.0. The lowest BCUT2D eigenvalue weighted by Gasteiger charge is -2.44. The summed E-state index contributed by atoms with van der Waals surface area (Å²) in [5.74, 6) is 1.84. The smallest absolute Gasteiger partial charge is 0.250 e. The molecule has 0 radical (unpaired) electrons. The highest BCUT2D eigenvalue weighted by Gasteiger charge is 2.37. The summed E-state index contributed by atoms with van der Waals surface area (Å²) in [6.45, 7) is 3.16. The molecule has 0 saturated carbocycles. The number of anilines is 1. The largest absolute Gasteiger partial charge is 0.364 e. The van der Waals surface area contributed by atoms with Gasteiger partial charge in [0.1, 0.15) is 12.4 Å². The molecule has 3 aliphatic heterocycles. The Kier molecular flexibility index (Phi) is 3.41.